The highest BCUT2D eigenvalue weighted by Crippen LogP contribution is 2.24. The Bertz CT molecular complexity index is 1350. The number of hydrogen-bond acceptors (Lipinski definition) is 4. The third-order valence-electron chi connectivity index (χ3n) is 4.57. The van der Waals surface area contributed by atoms with Crippen molar-refractivity contribution in [3.63, 3.8) is 0 Å². The number of halogens is 1. The standard InChI is InChI=1S/C22H14FN5O/c23-14-11-16(20-19(12-14)24-8-9-25-20)22(29)26-15-5-3-4-13(10-15)21-27-17-6-1-2-7-18(17)28-21/h1-12H,(H,26,29)(H,27,28). The fourth-order valence-electron chi connectivity index (χ4n) is 3.25. The number of anilines is 1. The molecule has 0 aliphatic rings. The largest absolute Gasteiger partial charge is 0.338 e. The molecule has 0 bridgehead atoms. The Morgan fingerprint density at radius 2 is 1.79 bits per heavy atom. The van der Waals surface area contributed by atoms with Crippen molar-refractivity contribution < 1.29 is 9.18 Å². The highest BCUT2D eigenvalue weighted by molar-refractivity contribution is 6.11. The molecule has 0 radical (unpaired) electrons. The van der Waals surface area contributed by atoms with Crippen molar-refractivity contribution in [3.05, 3.63) is 84.4 Å². The highest BCUT2D eigenvalue weighted by atomic mass is 19.1. The molecule has 0 fully saturated rings. The Morgan fingerprint density at radius 1 is 0.931 bits per heavy atom. The van der Waals surface area contributed by atoms with Crippen molar-refractivity contribution >= 4 is 33.7 Å². The zero-order chi connectivity index (χ0) is 19.8. The molecule has 0 saturated carbocycles. The molecule has 29 heavy (non-hydrogen) atoms. The summed E-state index contributed by atoms with van der Waals surface area (Å²) in [4.78, 5) is 28.9. The van der Waals surface area contributed by atoms with Gasteiger partial charge in [-0.15, -0.1) is 0 Å². The zero-order valence-corrected chi connectivity index (χ0v) is 15.1. The lowest BCUT2D eigenvalue weighted by Crippen LogP contribution is -2.13. The van der Waals surface area contributed by atoms with Gasteiger partial charge in [-0.05, 0) is 30.3 Å². The summed E-state index contributed by atoms with van der Waals surface area (Å²) in [6.45, 7) is 0. The van der Waals surface area contributed by atoms with Gasteiger partial charge in [0, 0.05) is 29.7 Å². The maximum atomic E-state index is 13.9. The molecule has 3 aromatic carbocycles. The number of nitrogens with zero attached hydrogens (tertiary/aromatic N) is 3. The number of amides is 1. The maximum Gasteiger partial charge on any atom is 0.258 e. The molecule has 6 nitrogen and oxygen atoms in total. The summed E-state index contributed by atoms with van der Waals surface area (Å²) in [6.07, 6.45) is 2.93. The zero-order valence-electron chi connectivity index (χ0n) is 15.1. The van der Waals surface area contributed by atoms with E-state index >= 15 is 0 Å². The molecule has 0 aliphatic heterocycles. The molecule has 0 unspecified atom stereocenters. The number of para-hydroxylation sites is 2. The lowest BCUT2D eigenvalue weighted by Gasteiger charge is -2.08. The van der Waals surface area contributed by atoms with Crippen molar-refractivity contribution in [1.82, 2.24) is 19.9 Å². The van der Waals surface area contributed by atoms with Gasteiger partial charge in [-0.2, -0.15) is 0 Å². The van der Waals surface area contributed by atoms with Crippen LogP contribution >= 0.6 is 0 Å². The van der Waals surface area contributed by atoms with Crippen LogP contribution in [-0.2, 0) is 0 Å². The normalized spacial score (nSPS) is 11.1. The summed E-state index contributed by atoms with van der Waals surface area (Å²) >= 11 is 0. The smallest absolute Gasteiger partial charge is 0.258 e. The molecule has 0 saturated heterocycles. The van der Waals surface area contributed by atoms with Gasteiger partial charge >= 0.3 is 0 Å². The van der Waals surface area contributed by atoms with Gasteiger partial charge in [-0.3, -0.25) is 14.8 Å². The Kier molecular flexibility index (Phi) is 3.98. The maximum absolute atomic E-state index is 13.9. The van der Waals surface area contributed by atoms with Crippen LogP contribution in [0.2, 0.25) is 0 Å². The minimum absolute atomic E-state index is 0.127. The number of carbonyl (C=O) groups is 1. The van der Waals surface area contributed by atoms with Crippen molar-refractivity contribution in [2.75, 3.05) is 5.32 Å². The van der Waals surface area contributed by atoms with E-state index in [0.29, 0.717) is 22.5 Å². The van der Waals surface area contributed by atoms with Crippen LogP contribution in [-0.4, -0.2) is 25.8 Å². The topological polar surface area (TPSA) is 83.6 Å². The van der Waals surface area contributed by atoms with Gasteiger partial charge < -0.3 is 10.3 Å². The first kappa shape index (κ1) is 17.0. The number of H-pyrrole nitrogens is 1. The summed E-state index contributed by atoms with van der Waals surface area (Å²) < 4.78 is 13.9. The quantitative estimate of drug-likeness (QED) is 0.478. The Hall–Kier alpha value is -4.13. The SMILES string of the molecule is O=C(Nc1cccc(-c2nc3ccccc3[nH]2)c1)c1cc(F)cc2nccnc12. The Balaban J connectivity index is 1.48. The molecule has 2 N–H and O–H groups in total. The fourth-order valence-corrected chi connectivity index (χ4v) is 3.25. The van der Waals surface area contributed by atoms with Crippen LogP contribution in [0.5, 0.6) is 0 Å². The van der Waals surface area contributed by atoms with E-state index in [1.807, 2.05) is 42.5 Å². The first-order chi connectivity index (χ1) is 14.2. The molecular weight excluding hydrogens is 369 g/mol. The molecule has 5 aromatic rings. The number of rotatable bonds is 3. The van der Waals surface area contributed by atoms with Gasteiger partial charge in [0.15, 0.2) is 0 Å². The summed E-state index contributed by atoms with van der Waals surface area (Å²) in [6, 6.07) is 17.4. The lowest BCUT2D eigenvalue weighted by atomic mass is 10.1. The third-order valence-corrected chi connectivity index (χ3v) is 4.57. The second kappa shape index (κ2) is 6.79. The summed E-state index contributed by atoms with van der Waals surface area (Å²) in [5.74, 6) is -0.305. The molecule has 7 heteroatoms. The first-order valence-electron chi connectivity index (χ1n) is 8.94. The number of fused-ring (bicyclic) bond motifs is 2. The average molecular weight is 383 g/mol. The van der Waals surface area contributed by atoms with E-state index in [1.54, 1.807) is 6.07 Å². The number of nitrogens with one attached hydrogen (secondary N) is 2. The van der Waals surface area contributed by atoms with Crippen LogP contribution in [0.4, 0.5) is 10.1 Å². The van der Waals surface area contributed by atoms with Crippen LogP contribution in [0.1, 0.15) is 10.4 Å². The number of hydrogen-bond donors (Lipinski definition) is 2. The molecule has 0 spiro atoms. The van der Waals surface area contributed by atoms with E-state index in [4.69, 9.17) is 0 Å². The highest BCUT2D eigenvalue weighted by Gasteiger charge is 2.15. The van der Waals surface area contributed by atoms with Gasteiger partial charge in [0.1, 0.15) is 17.2 Å². The number of carbonyl (C=O) groups excluding carboxylic acids is 1. The fraction of sp³-hybridized carbons (Fsp3) is 0. The van der Waals surface area contributed by atoms with Gasteiger partial charge in [0.25, 0.3) is 5.91 Å². The van der Waals surface area contributed by atoms with Gasteiger partial charge in [0.05, 0.1) is 22.1 Å². The Labute approximate surface area is 164 Å². The first-order valence-corrected chi connectivity index (χ1v) is 8.94. The van der Waals surface area contributed by atoms with Gasteiger partial charge in [0.2, 0.25) is 0 Å². The molecule has 0 aliphatic carbocycles. The molecule has 2 aromatic heterocycles. The molecule has 0 atom stereocenters. The van der Waals surface area contributed by atoms with Crippen molar-refractivity contribution in [2.45, 2.75) is 0 Å². The van der Waals surface area contributed by atoms with E-state index in [2.05, 4.69) is 25.3 Å². The number of benzene rings is 3. The molecule has 5 rings (SSSR count). The second-order valence-electron chi connectivity index (χ2n) is 6.51. The van der Waals surface area contributed by atoms with Gasteiger partial charge in [-0.1, -0.05) is 24.3 Å². The van der Waals surface area contributed by atoms with Crippen LogP contribution in [0.15, 0.2) is 73.1 Å². The van der Waals surface area contributed by atoms with E-state index < -0.39 is 11.7 Å². The molecular formula is C22H14FN5O. The molecule has 140 valence electrons. The van der Waals surface area contributed by atoms with Crippen molar-refractivity contribution in [3.8, 4) is 11.4 Å². The van der Waals surface area contributed by atoms with Crippen LogP contribution < -0.4 is 5.32 Å². The van der Waals surface area contributed by atoms with Crippen LogP contribution in [0, 0.1) is 5.82 Å². The third kappa shape index (κ3) is 3.19. The molecule has 2 heterocycles. The second-order valence-corrected chi connectivity index (χ2v) is 6.51. The van der Waals surface area contributed by atoms with Crippen molar-refractivity contribution in [1.29, 1.82) is 0 Å². The summed E-state index contributed by atoms with van der Waals surface area (Å²) in [5.41, 5.74) is 3.98. The Morgan fingerprint density at radius 3 is 2.69 bits per heavy atom. The van der Waals surface area contributed by atoms with E-state index in [-0.39, 0.29) is 5.56 Å². The lowest BCUT2D eigenvalue weighted by molar-refractivity contribution is 0.102. The van der Waals surface area contributed by atoms with E-state index in [9.17, 15) is 9.18 Å². The van der Waals surface area contributed by atoms with Crippen LogP contribution in [0.3, 0.4) is 0 Å². The molecule has 1 amide bonds. The minimum Gasteiger partial charge on any atom is -0.338 e. The number of aromatic nitrogens is 4. The van der Waals surface area contributed by atoms with E-state index in [1.165, 1.54) is 18.5 Å². The number of imidazole rings is 1. The van der Waals surface area contributed by atoms with Crippen molar-refractivity contribution in [2.24, 2.45) is 0 Å². The predicted octanol–water partition coefficient (Wildman–Crippen LogP) is 4.56. The monoisotopic (exact) mass is 383 g/mol. The summed E-state index contributed by atoms with van der Waals surface area (Å²) in [7, 11) is 0. The number of aromatic amines is 1. The van der Waals surface area contributed by atoms with E-state index in [0.717, 1.165) is 22.7 Å². The minimum atomic E-state index is -0.542. The van der Waals surface area contributed by atoms with Crippen LogP contribution in [0.25, 0.3) is 33.5 Å². The average Bonchev–Trinajstić information content (AvgIpc) is 3.17. The predicted molar refractivity (Wildman–Crippen MR) is 109 cm³/mol. The van der Waals surface area contributed by atoms with Gasteiger partial charge in [-0.25, -0.2) is 9.37 Å². The summed E-state index contributed by atoms with van der Waals surface area (Å²) in [5, 5.41) is 2.81.